The van der Waals surface area contributed by atoms with Gasteiger partial charge in [0.1, 0.15) is 19.0 Å². The van der Waals surface area contributed by atoms with Crippen LogP contribution in [-0.4, -0.2) is 60.1 Å². The molecular weight excluding hydrogens is 332 g/mol. The number of aromatic nitrogens is 2. The number of carbonyl (C=O) groups excluding carboxylic acids is 2. The van der Waals surface area contributed by atoms with Gasteiger partial charge in [0.05, 0.1) is 11.0 Å². The smallest absolute Gasteiger partial charge is 0.245 e. The SMILES string of the molecule is CCCCN(C)C(=O)Cn1c(CCNC(=O)COC)nc2ccccc21. The lowest BCUT2D eigenvalue weighted by atomic mass is 10.3. The summed E-state index contributed by atoms with van der Waals surface area (Å²) in [4.78, 5) is 30.5. The largest absolute Gasteiger partial charge is 0.375 e. The molecule has 2 amide bonds. The summed E-state index contributed by atoms with van der Waals surface area (Å²) in [6, 6.07) is 7.77. The van der Waals surface area contributed by atoms with Gasteiger partial charge in [-0.25, -0.2) is 4.98 Å². The third-order valence-corrected chi connectivity index (χ3v) is 4.25. The molecule has 0 radical (unpaired) electrons. The summed E-state index contributed by atoms with van der Waals surface area (Å²) in [5.74, 6) is 0.693. The summed E-state index contributed by atoms with van der Waals surface area (Å²) >= 11 is 0. The van der Waals surface area contributed by atoms with Gasteiger partial charge >= 0.3 is 0 Å². The molecule has 0 unspecified atom stereocenters. The fraction of sp³-hybridized carbons (Fsp3) is 0.526. The van der Waals surface area contributed by atoms with Crippen LogP contribution in [0.1, 0.15) is 25.6 Å². The number of amides is 2. The Morgan fingerprint density at radius 1 is 1.31 bits per heavy atom. The first kappa shape index (κ1) is 19.9. The van der Waals surface area contributed by atoms with Crippen molar-refractivity contribution >= 4 is 22.8 Å². The van der Waals surface area contributed by atoms with Gasteiger partial charge in [0, 0.05) is 33.7 Å². The highest BCUT2D eigenvalue weighted by atomic mass is 16.5. The molecule has 7 heteroatoms. The minimum Gasteiger partial charge on any atom is -0.375 e. The van der Waals surface area contributed by atoms with Gasteiger partial charge in [0.15, 0.2) is 0 Å². The lowest BCUT2D eigenvalue weighted by Gasteiger charge is -2.18. The molecule has 2 aromatic rings. The van der Waals surface area contributed by atoms with Crippen LogP contribution in [0.4, 0.5) is 0 Å². The van der Waals surface area contributed by atoms with E-state index in [1.165, 1.54) is 7.11 Å². The molecule has 1 N–H and O–H groups in total. The van der Waals surface area contributed by atoms with E-state index in [-0.39, 0.29) is 25.0 Å². The van der Waals surface area contributed by atoms with Crippen molar-refractivity contribution in [3.05, 3.63) is 30.1 Å². The number of benzene rings is 1. The number of unbranched alkanes of at least 4 members (excludes halogenated alkanes) is 1. The molecule has 0 aliphatic carbocycles. The second-order valence-corrected chi connectivity index (χ2v) is 6.30. The van der Waals surface area contributed by atoms with Crippen LogP contribution in [0.5, 0.6) is 0 Å². The topological polar surface area (TPSA) is 76.5 Å². The standard InChI is InChI=1S/C19H28N4O3/c1-4-5-12-22(2)19(25)13-23-16-9-7-6-8-15(16)21-17(23)10-11-20-18(24)14-26-3/h6-9H,4-5,10-14H2,1-3H3,(H,20,24). The van der Waals surface area contributed by atoms with E-state index in [4.69, 9.17) is 4.74 Å². The van der Waals surface area contributed by atoms with E-state index in [9.17, 15) is 9.59 Å². The summed E-state index contributed by atoms with van der Waals surface area (Å²) in [5, 5.41) is 2.80. The predicted molar refractivity (Wildman–Crippen MR) is 101 cm³/mol. The quantitative estimate of drug-likeness (QED) is 0.698. The number of rotatable bonds is 10. The highest BCUT2D eigenvalue weighted by molar-refractivity contribution is 5.81. The Kier molecular flexibility index (Phi) is 7.59. The molecule has 0 saturated carbocycles. The van der Waals surface area contributed by atoms with E-state index < -0.39 is 0 Å². The first-order valence-electron chi connectivity index (χ1n) is 9.00. The molecule has 1 aromatic heterocycles. The first-order valence-corrected chi connectivity index (χ1v) is 9.00. The van der Waals surface area contributed by atoms with Crippen molar-refractivity contribution in [2.75, 3.05) is 33.9 Å². The highest BCUT2D eigenvalue weighted by Gasteiger charge is 2.16. The first-order chi connectivity index (χ1) is 12.6. The van der Waals surface area contributed by atoms with Crippen molar-refractivity contribution in [3.63, 3.8) is 0 Å². The maximum Gasteiger partial charge on any atom is 0.245 e. The van der Waals surface area contributed by atoms with Crippen molar-refractivity contribution < 1.29 is 14.3 Å². The van der Waals surface area contributed by atoms with Gasteiger partial charge in [-0.15, -0.1) is 0 Å². The van der Waals surface area contributed by atoms with Gasteiger partial charge in [-0.1, -0.05) is 25.5 Å². The van der Waals surface area contributed by atoms with Gasteiger partial charge in [0.25, 0.3) is 0 Å². The number of hydrogen-bond donors (Lipinski definition) is 1. The number of imidazole rings is 1. The molecule has 0 atom stereocenters. The molecule has 2 rings (SSSR count). The summed E-state index contributed by atoms with van der Waals surface area (Å²) < 4.78 is 6.75. The van der Waals surface area contributed by atoms with Crippen LogP contribution in [0.15, 0.2) is 24.3 Å². The monoisotopic (exact) mass is 360 g/mol. The van der Waals surface area contributed by atoms with Crippen LogP contribution in [0.2, 0.25) is 0 Å². The van der Waals surface area contributed by atoms with Gasteiger partial charge in [0.2, 0.25) is 11.8 Å². The minimum atomic E-state index is -0.162. The zero-order valence-electron chi connectivity index (χ0n) is 15.8. The van der Waals surface area contributed by atoms with E-state index in [1.54, 1.807) is 4.90 Å². The number of hydrogen-bond acceptors (Lipinski definition) is 4. The normalized spacial score (nSPS) is 10.9. The van der Waals surface area contributed by atoms with Crippen molar-refractivity contribution in [1.82, 2.24) is 19.8 Å². The summed E-state index contributed by atoms with van der Waals surface area (Å²) in [5.41, 5.74) is 1.79. The number of fused-ring (bicyclic) bond motifs is 1. The van der Waals surface area contributed by atoms with Crippen LogP contribution in [0, 0.1) is 0 Å². The third kappa shape index (κ3) is 5.29. The Labute approximate surface area is 154 Å². The lowest BCUT2D eigenvalue weighted by molar-refractivity contribution is -0.130. The van der Waals surface area contributed by atoms with Gasteiger partial charge in [-0.05, 0) is 18.6 Å². The van der Waals surface area contributed by atoms with E-state index in [0.717, 1.165) is 36.2 Å². The molecule has 0 spiro atoms. The number of ether oxygens (including phenoxy) is 1. The number of nitrogens with zero attached hydrogens (tertiary/aromatic N) is 3. The number of nitrogens with one attached hydrogen (secondary N) is 1. The average molecular weight is 360 g/mol. The van der Waals surface area contributed by atoms with E-state index in [0.29, 0.717) is 13.0 Å². The zero-order valence-corrected chi connectivity index (χ0v) is 15.8. The Hall–Kier alpha value is -2.41. The average Bonchev–Trinajstić information content (AvgIpc) is 2.97. The molecule has 0 fully saturated rings. The Morgan fingerprint density at radius 2 is 2.08 bits per heavy atom. The van der Waals surface area contributed by atoms with Crippen molar-refractivity contribution in [3.8, 4) is 0 Å². The van der Waals surface area contributed by atoms with Gasteiger partial charge in [-0.2, -0.15) is 0 Å². The van der Waals surface area contributed by atoms with Gasteiger partial charge in [-0.3, -0.25) is 9.59 Å². The molecule has 1 heterocycles. The third-order valence-electron chi connectivity index (χ3n) is 4.25. The zero-order chi connectivity index (χ0) is 18.9. The van der Waals surface area contributed by atoms with E-state index in [2.05, 4.69) is 17.2 Å². The number of methoxy groups -OCH3 is 1. The molecule has 0 bridgehead atoms. The molecule has 7 nitrogen and oxygen atoms in total. The van der Waals surface area contributed by atoms with E-state index in [1.807, 2.05) is 35.9 Å². The molecule has 142 valence electrons. The molecule has 0 saturated heterocycles. The molecule has 26 heavy (non-hydrogen) atoms. The van der Waals surface area contributed by atoms with Crippen LogP contribution >= 0.6 is 0 Å². The fourth-order valence-corrected chi connectivity index (χ4v) is 2.76. The summed E-state index contributed by atoms with van der Waals surface area (Å²) in [6.07, 6.45) is 2.60. The predicted octanol–water partition coefficient (Wildman–Crippen LogP) is 1.60. The van der Waals surface area contributed by atoms with Crippen LogP contribution in [0.3, 0.4) is 0 Å². The fourth-order valence-electron chi connectivity index (χ4n) is 2.76. The number of para-hydroxylation sites is 2. The maximum atomic E-state index is 12.6. The van der Waals surface area contributed by atoms with Crippen molar-refractivity contribution in [2.24, 2.45) is 0 Å². The lowest BCUT2D eigenvalue weighted by Crippen LogP contribution is -2.32. The Bertz CT molecular complexity index is 741. The second-order valence-electron chi connectivity index (χ2n) is 6.30. The van der Waals surface area contributed by atoms with Gasteiger partial charge < -0.3 is 19.5 Å². The summed E-state index contributed by atoms with van der Waals surface area (Å²) in [6.45, 7) is 3.60. The van der Waals surface area contributed by atoms with Crippen molar-refractivity contribution in [2.45, 2.75) is 32.7 Å². The number of carbonyl (C=O) groups is 2. The highest BCUT2D eigenvalue weighted by Crippen LogP contribution is 2.16. The van der Waals surface area contributed by atoms with Crippen molar-refractivity contribution in [1.29, 1.82) is 0 Å². The van der Waals surface area contributed by atoms with Crippen LogP contribution in [0.25, 0.3) is 11.0 Å². The molecule has 1 aromatic carbocycles. The van der Waals surface area contributed by atoms with Crippen LogP contribution in [-0.2, 0) is 27.3 Å². The molecule has 0 aliphatic rings. The Morgan fingerprint density at radius 3 is 2.81 bits per heavy atom. The second kappa shape index (κ2) is 9.91. The number of likely N-dealkylation sites (N-methyl/N-ethyl adjacent to an activating group) is 1. The molecule has 0 aliphatic heterocycles. The summed E-state index contributed by atoms with van der Waals surface area (Å²) in [7, 11) is 3.32. The maximum absolute atomic E-state index is 12.6. The Balaban J connectivity index is 2.12. The van der Waals surface area contributed by atoms with Crippen LogP contribution < -0.4 is 5.32 Å². The van der Waals surface area contributed by atoms with E-state index >= 15 is 0 Å². The molecular formula is C19H28N4O3. The minimum absolute atomic E-state index is 0.0388.